The first kappa shape index (κ1) is 26.9. The first-order valence-corrected chi connectivity index (χ1v) is 13.4. The molecule has 2 N–H and O–H groups in total. The van der Waals surface area contributed by atoms with Gasteiger partial charge in [-0.05, 0) is 54.7 Å². The van der Waals surface area contributed by atoms with Crippen molar-refractivity contribution in [2.45, 2.75) is 76.5 Å². The molecule has 6 nitrogen and oxygen atoms in total. The molecule has 1 saturated carbocycles. The number of hydrogen-bond acceptors (Lipinski definition) is 4. The molecule has 1 aromatic carbocycles. The van der Waals surface area contributed by atoms with Gasteiger partial charge in [-0.25, -0.2) is 8.42 Å². The zero-order chi connectivity index (χ0) is 25.3. The molecule has 1 aliphatic carbocycles. The third kappa shape index (κ3) is 6.31. The van der Waals surface area contributed by atoms with Crippen LogP contribution in [0.2, 0.25) is 0 Å². The third-order valence-electron chi connectivity index (χ3n) is 6.72. The SMILES string of the molecule is CCC[C@H](NCC(C)(C)C)C(=O)N[C@@H]1CC[C@H]2CN(S(=O)(=O)c3cccc(C(F)(F)F)c3)C[C@H]21. The van der Waals surface area contributed by atoms with Gasteiger partial charge in [0.1, 0.15) is 0 Å². The van der Waals surface area contributed by atoms with Crippen molar-refractivity contribution in [2.75, 3.05) is 19.6 Å². The summed E-state index contributed by atoms with van der Waals surface area (Å²) in [5.41, 5.74) is -0.947. The minimum Gasteiger partial charge on any atom is -0.352 e. The van der Waals surface area contributed by atoms with Gasteiger partial charge >= 0.3 is 6.18 Å². The van der Waals surface area contributed by atoms with E-state index in [1.807, 2.05) is 6.92 Å². The standard InChI is InChI=1S/C24H36F3N3O3S/c1-5-7-21(28-15-23(2,3)4)22(31)29-20-11-10-16-13-30(14-19(16)20)34(32,33)18-9-6-8-17(12-18)24(25,26)27/h6,8-9,12,16,19-21,28H,5,7,10-11,13-15H2,1-4H3,(H,29,31)/t16-,19+,20+,21-/m0/s1. The fourth-order valence-electron chi connectivity index (χ4n) is 4.91. The van der Waals surface area contributed by atoms with Gasteiger partial charge in [-0.2, -0.15) is 17.5 Å². The van der Waals surface area contributed by atoms with E-state index in [0.29, 0.717) is 19.0 Å². The molecule has 1 amide bonds. The van der Waals surface area contributed by atoms with Gasteiger partial charge in [-0.15, -0.1) is 0 Å². The normalized spacial score (nSPS) is 24.7. The third-order valence-corrected chi connectivity index (χ3v) is 8.55. The van der Waals surface area contributed by atoms with Crippen LogP contribution in [0.1, 0.15) is 58.9 Å². The highest BCUT2D eigenvalue weighted by Gasteiger charge is 2.47. The van der Waals surface area contributed by atoms with Crippen molar-refractivity contribution in [1.82, 2.24) is 14.9 Å². The van der Waals surface area contributed by atoms with Crippen molar-refractivity contribution < 1.29 is 26.4 Å². The molecular formula is C24H36F3N3O3S. The highest BCUT2D eigenvalue weighted by atomic mass is 32.2. The molecule has 1 saturated heterocycles. The summed E-state index contributed by atoms with van der Waals surface area (Å²) in [6.45, 7) is 9.47. The highest BCUT2D eigenvalue weighted by Crippen LogP contribution is 2.41. The molecule has 1 aromatic rings. The molecule has 1 aliphatic heterocycles. The lowest BCUT2D eigenvalue weighted by Gasteiger charge is -2.27. The van der Waals surface area contributed by atoms with Crippen LogP contribution in [0.5, 0.6) is 0 Å². The zero-order valence-electron chi connectivity index (χ0n) is 20.3. The average molecular weight is 504 g/mol. The van der Waals surface area contributed by atoms with Crippen LogP contribution in [0, 0.1) is 17.3 Å². The molecule has 1 heterocycles. The first-order valence-electron chi connectivity index (χ1n) is 11.9. The van der Waals surface area contributed by atoms with E-state index in [2.05, 4.69) is 31.4 Å². The van der Waals surface area contributed by atoms with Crippen molar-refractivity contribution in [3.8, 4) is 0 Å². The Kier molecular flexibility index (Phi) is 8.04. The molecule has 192 valence electrons. The average Bonchev–Trinajstić information content (AvgIpc) is 3.32. The van der Waals surface area contributed by atoms with Gasteiger partial charge in [0, 0.05) is 25.7 Å². The number of hydrogen-bond donors (Lipinski definition) is 2. The van der Waals surface area contributed by atoms with Gasteiger partial charge in [0.2, 0.25) is 15.9 Å². The predicted octanol–water partition coefficient (Wildman–Crippen LogP) is 4.03. The number of benzene rings is 1. The second kappa shape index (κ2) is 10.1. The predicted molar refractivity (Wildman–Crippen MR) is 125 cm³/mol. The smallest absolute Gasteiger partial charge is 0.352 e. The molecule has 0 radical (unpaired) electrons. The monoisotopic (exact) mass is 503 g/mol. The van der Waals surface area contributed by atoms with E-state index in [4.69, 9.17) is 0 Å². The number of nitrogens with zero attached hydrogens (tertiary/aromatic N) is 1. The number of amides is 1. The van der Waals surface area contributed by atoms with E-state index in [1.165, 1.54) is 10.4 Å². The van der Waals surface area contributed by atoms with E-state index in [0.717, 1.165) is 31.4 Å². The fraction of sp³-hybridized carbons (Fsp3) is 0.708. The van der Waals surface area contributed by atoms with Crippen LogP contribution >= 0.6 is 0 Å². The molecule has 0 bridgehead atoms. The minimum absolute atomic E-state index is 0.0362. The zero-order valence-corrected chi connectivity index (χ0v) is 21.1. The second-order valence-corrected chi connectivity index (χ2v) is 12.7. The number of nitrogens with one attached hydrogen (secondary N) is 2. The Morgan fingerprint density at radius 2 is 1.88 bits per heavy atom. The number of carbonyl (C=O) groups is 1. The Bertz CT molecular complexity index is 976. The maximum atomic E-state index is 13.1. The van der Waals surface area contributed by atoms with Crippen molar-refractivity contribution in [2.24, 2.45) is 17.3 Å². The molecule has 0 unspecified atom stereocenters. The summed E-state index contributed by atoms with van der Waals surface area (Å²) in [6.07, 6.45) is -1.50. The molecular weight excluding hydrogens is 467 g/mol. The fourth-order valence-corrected chi connectivity index (χ4v) is 6.49. The van der Waals surface area contributed by atoms with Crippen molar-refractivity contribution >= 4 is 15.9 Å². The lowest BCUT2D eigenvalue weighted by atomic mass is 9.95. The van der Waals surface area contributed by atoms with Crippen LogP contribution in [-0.2, 0) is 21.0 Å². The van der Waals surface area contributed by atoms with Crippen molar-refractivity contribution in [1.29, 1.82) is 0 Å². The minimum atomic E-state index is -4.61. The number of halogens is 3. The van der Waals surface area contributed by atoms with Crippen LogP contribution < -0.4 is 10.6 Å². The Hall–Kier alpha value is -1.65. The first-order chi connectivity index (χ1) is 15.7. The Balaban J connectivity index is 1.68. The van der Waals surface area contributed by atoms with Crippen LogP contribution in [0.3, 0.4) is 0 Å². The van der Waals surface area contributed by atoms with E-state index in [9.17, 15) is 26.4 Å². The van der Waals surface area contributed by atoms with Gasteiger partial charge in [0.25, 0.3) is 0 Å². The molecule has 10 heteroatoms. The summed E-state index contributed by atoms with van der Waals surface area (Å²) in [6, 6.07) is 3.43. The lowest BCUT2D eigenvalue weighted by molar-refractivity contribution is -0.137. The van der Waals surface area contributed by atoms with Crippen LogP contribution in [0.15, 0.2) is 29.2 Å². The number of fused-ring (bicyclic) bond motifs is 1. The second-order valence-electron chi connectivity index (χ2n) is 10.7. The molecule has 0 aromatic heterocycles. The van der Waals surface area contributed by atoms with Crippen molar-refractivity contribution in [3.05, 3.63) is 29.8 Å². The number of rotatable bonds is 8. The topological polar surface area (TPSA) is 78.5 Å². The van der Waals surface area contributed by atoms with Gasteiger partial charge < -0.3 is 10.6 Å². The summed E-state index contributed by atoms with van der Waals surface area (Å²) in [5.74, 6) is -0.0385. The summed E-state index contributed by atoms with van der Waals surface area (Å²) in [4.78, 5) is 12.7. The molecule has 34 heavy (non-hydrogen) atoms. The Morgan fingerprint density at radius 1 is 1.18 bits per heavy atom. The van der Waals surface area contributed by atoms with Gasteiger partial charge in [-0.3, -0.25) is 4.79 Å². The summed E-state index contributed by atoms with van der Waals surface area (Å²) in [7, 11) is -4.06. The molecule has 4 atom stereocenters. The quantitative estimate of drug-likeness (QED) is 0.562. The van der Waals surface area contributed by atoms with Gasteiger partial charge in [0.15, 0.2) is 0 Å². The largest absolute Gasteiger partial charge is 0.416 e. The van der Waals surface area contributed by atoms with Crippen LogP contribution in [-0.4, -0.2) is 50.3 Å². The maximum Gasteiger partial charge on any atom is 0.416 e. The van der Waals surface area contributed by atoms with Crippen LogP contribution in [0.4, 0.5) is 13.2 Å². The van der Waals surface area contributed by atoms with E-state index < -0.39 is 21.8 Å². The maximum absolute atomic E-state index is 13.1. The van der Waals surface area contributed by atoms with E-state index in [-0.39, 0.29) is 53.2 Å². The van der Waals surface area contributed by atoms with Crippen molar-refractivity contribution in [3.63, 3.8) is 0 Å². The number of alkyl halides is 3. The summed E-state index contributed by atoms with van der Waals surface area (Å²) < 4.78 is 66.7. The van der Waals surface area contributed by atoms with Crippen LogP contribution in [0.25, 0.3) is 0 Å². The van der Waals surface area contributed by atoms with Gasteiger partial charge in [0.05, 0.1) is 16.5 Å². The molecule has 2 aliphatic rings. The molecule has 0 spiro atoms. The van der Waals surface area contributed by atoms with E-state index >= 15 is 0 Å². The van der Waals surface area contributed by atoms with Gasteiger partial charge in [-0.1, -0.05) is 40.2 Å². The summed E-state index contributed by atoms with van der Waals surface area (Å²) in [5, 5.41) is 6.50. The van der Waals surface area contributed by atoms with E-state index in [1.54, 1.807) is 0 Å². The molecule has 3 rings (SSSR count). The highest BCUT2D eigenvalue weighted by molar-refractivity contribution is 7.89. The molecule has 2 fully saturated rings. The Labute approximate surface area is 200 Å². The summed E-state index contributed by atoms with van der Waals surface area (Å²) >= 11 is 0. The number of carbonyl (C=O) groups excluding carboxylic acids is 1. The number of sulfonamides is 1. The Morgan fingerprint density at radius 3 is 2.50 bits per heavy atom. The lowest BCUT2D eigenvalue weighted by Crippen LogP contribution is -2.50.